The average Bonchev–Trinajstić information content (AvgIpc) is 2.03. The van der Waals surface area contributed by atoms with Crippen molar-refractivity contribution in [3.63, 3.8) is 0 Å². The van der Waals surface area contributed by atoms with Crippen LogP contribution < -0.4 is 0 Å². The maximum absolute atomic E-state index is 10.4. The molecule has 0 aromatic heterocycles. The predicted octanol–water partition coefficient (Wildman–Crippen LogP) is 2.14. The second-order valence-electron chi connectivity index (χ2n) is 2.77. The van der Waals surface area contributed by atoms with Crippen LogP contribution in [0.2, 0.25) is 0 Å². The zero-order chi connectivity index (χ0) is 12.3. The highest BCUT2D eigenvalue weighted by atomic mass is 16.7. The fraction of sp³-hybridized carbons (Fsp3) is 0.800. The molecule has 0 amide bonds. The maximum atomic E-state index is 10.4. The molecule has 0 spiro atoms. The van der Waals surface area contributed by atoms with Gasteiger partial charge in [0.1, 0.15) is 0 Å². The van der Waals surface area contributed by atoms with Crippen molar-refractivity contribution in [1.82, 2.24) is 0 Å². The lowest BCUT2D eigenvalue weighted by Gasteiger charge is -2.05. The van der Waals surface area contributed by atoms with Crippen molar-refractivity contribution in [2.45, 2.75) is 40.7 Å². The Morgan fingerprint density at radius 3 is 1.73 bits per heavy atom. The first-order valence-corrected chi connectivity index (χ1v) is 4.90. The summed E-state index contributed by atoms with van der Waals surface area (Å²) in [5, 5.41) is 0. The van der Waals surface area contributed by atoms with Crippen LogP contribution in [0.15, 0.2) is 0 Å². The van der Waals surface area contributed by atoms with Crippen LogP contribution in [0.5, 0.6) is 0 Å². The van der Waals surface area contributed by atoms with Crippen LogP contribution in [0.3, 0.4) is 0 Å². The zero-order valence-electron chi connectivity index (χ0n) is 10.0. The van der Waals surface area contributed by atoms with Crippen molar-refractivity contribution in [2.24, 2.45) is 0 Å². The number of hydrogen-bond acceptors (Lipinski definition) is 5. The van der Waals surface area contributed by atoms with Gasteiger partial charge in [-0.2, -0.15) is 0 Å². The minimum absolute atomic E-state index is 0.0935. The van der Waals surface area contributed by atoms with Crippen molar-refractivity contribution in [3.05, 3.63) is 0 Å². The molecular weight excluding hydrogens is 200 g/mol. The Balaban J connectivity index is 0. The topological polar surface area (TPSA) is 61.8 Å². The first-order valence-electron chi connectivity index (χ1n) is 4.90. The van der Waals surface area contributed by atoms with Gasteiger partial charge in [-0.15, -0.1) is 0 Å². The van der Waals surface area contributed by atoms with E-state index in [1.807, 2.05) is 0 Å². The molecule has 0 aliphatic heterocycles. The molecule has 0 aromatic carbocycles. The van der Waals surface area contributed by atoms with Gasteiger partial charge in [0.25, 0.3) is 0 Å². The van der Waals surface area contributed by atoms with E-state index in [4.69, 9.17) is 0 Å². The Morgan fingerprint density at radius 1 is 1.07 bits per heavy atom. The van der Waals surface area contributed by atoms with Gasteiger partial charge >= 0.3 is 12.1 Å². The van der Waals surface area contributed by atoms with E-state index in [2.05, 4.69) is 14.2 Å². The maximum Gasteiger partial charge on any atom is 0.508 e. The number of carbonyl (C=O) groups excluding carboxylic acids is 2. The van der Waals surface area contributed by atoms with Crippen molar-refractivity contribution in [3.8, 4) is 0 Å². The summed E-state index contributed by atoms with van der Waals surface area (Å²) in [5.74, 6) is -0.211. The van der Waals surface area contributed by atoms with E-state index >= 15 is 0 Å². The largest absolute Gasteiger partial charge is 0.508 e. The van der Waals surface area contributed by atoms with E-state index in [-0.39, 0.29) is 12.1 Å². The Kier molecular flexibility index (Phi) is 11.7. The molecule has 0 N–H and O–H groups in total. The van der Waals surface area contributed by atoms with Crippen LogP contribution in [0.25, 0.3) is 0 Å². The highest BCUT2D eigenvalue weighted by Crippen LogP contribution is 1.91. The zero-order valence-corrected chi connectivity index (χ0v) is 10.0. The van der Waals surface area contributed by atoms with Gasteiger partial charge in [0, 0.05) is 6.92 Å². The minimum Gasteiger partial charge on any atom is -0.466 e. The number of esters is 1. The second-order valence-corrected chi connectivity index (χ2v) is 2.77. The van der Waals surface area contributed by atoms with Crippen LogP contribution in [0.4, 0.5) is 4.79 Å². The van der Waals surface area contributed by atoms with Crippen LogP contribution >= 0.6 is 0 Å². The van der Waals surface area contributed by atoms with Crippen LogP contribution in [0, 0.1) is 0 Å². The van der Waals surface area contributed by atoms with Gasteiger partial charge in [-0.3, -0.25) is 4.79 Å². The highest BCUT2D eigenvalue weighted by molar-refractivity contribution is 5.65. The Hall–Kier alpha value is -1.26. The number of ether oxygens (including phenoxy) is 3. The fourth-order valence-electron chi connectivity index (χ4n) is 0.548. The molecule has 0 saturated carbocycles. The van der Waals surface area contributed by atoms with Gasteiger partial charge < -0.3 is 14.2 Å². The molecule has 15 heavy (non-hydrogen) atoms. The third-order valence-corrected chi connectivity index (χ3v) is 0.942. The molecule has 0 rings (SSSR count). The number of hydrogen-bond donors (Lipinski definition) is 0. The molecule has 0 aliphatic rings. The molecule has 0 fully saturated rings. The van der Waals surface area contributed by atoms with Crippen molar-refractivity contribution in [1.29, 1.82) is 0 Å². The molecule has 5 heteroatoms. The lowest BCUT2D eigenvalue weighted by atomic mass is 10.5. The van der Waals surface area contributed by atoms with E-state index in [0.29, 0.717) is 13.2 Å². The predicted molar refractivity (Wildman–Crippen MR) is 55.6 cm³/mol. The average molecular weight is 220 g/mol. The van der Waals surface area contributed by atoms with Gasteiger partial charge in [0.15, 0.2) is 0 Å². The summed E-state index contributed by atoms with van der Waals surface area (Å²) in [7, 11) is 0. The van der Waals surface area contributed by atoms with E-state index in [1.54, 1.807) is 27.7 Å². The third-order valence-electron chi connectivity index (χ3n) is 0.942. The van der Waals surface area contributed by atoms with Crippen LogP contribution in [-0.4, -0.2) is 31.4 Å². The summed E-state index contributed by atoms with van der Waals surface area (Å²) < 4.78 is 13.5. The van der Waals surface area contributed by atoms with Gasteiger partial charge in [0.2, 0.25) is 0 Å². The normalized spacial score (nSPS) is 8.67. The Labute approximate surface area is 90.7 Å². The molecule has 5 nitrogen and oxygen atoms in total. The molecule has 0 saturated heterocycles. The summed E-state index contributed by atoms with van der Waals surface area (Å²) in [6, 6.07) is 0. The van der Waals surface area contributed by atoms with Crippen molar-refractivity contribution < 1.29 is 23.8 Å². The number of rotatable bonds is 3. The van der Waals surface area contributed by atoms with Crippen LogP contribution in [0.1, 0.15) is 34.6 Å². The smallest absolute Gasteiger partial charge is 0.466 e. The van der Waals surface area contributed by atoms with E-state index in [0.717, 1.165) is 0 Å². The SMILES string of the molecule is CCOC(=O)OC(C)C.CCOC(C)=O. The van der Waals surface area contributed by atoms with Gasteiger partial charge in [-0.25, -0.2) is 4.79 Å². The summed E-state index contributed by atoms with van der Waals surface area (Å²) >= 11 is 0. The van der Waals surface area contributed by atoms with Crippen molar-refractivity contribution in [2.75, 3.05) is 13.2 Å². The van der Waals surface area contributed by atoms with E-state index in [1.165, 1.54) is 6.92 Å². The summed E-state index contributed by atoms with van der Waals surface area (Å²) in [4.78, 5) is 20.2. The molecule has 0 radical (unpaired) electrons. The van der Waals surface area contributed by atoms with E-state index in [9.17, 15) is 9.59 Å². The molecule has 0 heterocycles. The molecule has 0 unspecified atom stereocenters. The minimum atomic E-state index is -0.590. The van der Waals surface area contributed by atoms with Crippen molar-refractivity contribution >= 4 is 12.1 Å². The fourth-order valence-corrected chi connectivity index (χ4v) is 0.548. The number of carbonyl (C=O) groups is 2. The molecule has 0 bridgehead atoms. The van der Waals surface area contributed by atoms with Gasteiger partial charge in [0.05, 0.1) is 19.3 Å². The molecule has 0 aliphatic carbocycles. The summed E-state index contributed by atoms with van der Waals surface area (Å²) in [6.45, 7) is 9.31. The molecule has 0 aromatic rings. The lowest BCUT2D eigenvalue weighted by Crippen LogP contribution is -2.12. The molecule has 90 valence electrons. The lowest BCUT2D eigenvalue weighted by molar-refractivity contribution is -0.140. The standard InChI is InChI=1S/C6H12O3.C4H8O2/c1-4-8-6(7)9-5(2)3;1-3-6-4(2)5/h5H,4H2,1-3H3;3H2,1-2H3. The second kappa shape index (κ2) is 10.8. The molecular formula is C10H20O5. The Morgan fingerprint density at radius 2 is 1.53 bits per heavy atom. The first-order chi connectivity index (χ1) is 6.93. The Bertz CT molecular complexity index is 177. The monoisotopic (exact) mass is 220 g/mol. The van der Waals surface area contributed by atoms with Gasteiger partial charge in [-0.05, 0) is 27.7 Å². The van der Waals surface area contributed by atoms with E-state index < -0.39 is 6.16 Å². The van der Waals surface area contributed by atoms with Gasteiger partial charge in [-0.1, -0.05) is 0 Å². The summed E-state index contributed by atoms with van der Waals surface area (Å²) in [6.07, 6.45) is -0.684. The first kappa shape index (κ1) is 16.2. The highest BCUT2D eigenvalue weighted by Gasteiger charge is 2.02. The third kappa shape index (κ3) is 19.2. The quantitative estimate of drug-likeness (QED) is 0.682. The molecule has 0 atom stereocenters. The van der Waals surface area contributed by atoms with Crippen LogP contribution in [-0.2, 0) is 19.0 Å². The summed E-state index contributed by atoms with van der Waals surface area (Å²) in [5.41, 5.74) is 0.